The van der Waals surface area contributed by atoms with Gasteiger partial charge in [0.15, 0.2) is 0 Å². The van der Waals surface area contributed by atoms with Gasteiger partial charge in [0, 0.05) is 25.2 Å². The van der Waals surface area contributed by atoms with Crippen molar-refractivity contribution in [1.29, 1.82) is 0 Å². The maximum absolute atomic E-state index is 5.16. The largest absolute Gasteiger partial charge is 0.339 e. The zero-order chi connectivity index (χ0) is 11.5. The van der Waals surface area contributed by atoms with Crippen molar-refractivity contribution in [3.05, 3.63) is 24.5 Å². The van der Waals surface area contributed by atoms with E-state index in [0.29, 0.717) is 23.5 Å². The third-order valence-corrected chi connectivity index (χ3v) is 2.63. The van der Waals surface area contributed by atoms with Crippen molar-refractivity contribution in [3.63, 3.8) is 0 Å². The Kier molecular flexibility index (Phi) is 2.79. The lowest BCUT2D eigenvalue weighted by Crippen LogP contribution is -2.19. The van der Waals surface area contributed by atoms with Gasteiger partial charge in [-0.1, -0.05) is 5.16 Å². The minimum Gasteiger partial charge on any atom is -0.339 e. The number of hydrogen-bond donors (Lipinski definition) is 1. The maximum atomic E-state index is 5.16. The van der Waals surface area contributed by atoms with Crippen LogP contribution in [0.3, 0.4) is 0 Å². The summed E-state index contributed by atoms with van der Waals surface area (Å²) in [6.07, 6.45) is 6.47. The first-order valence-corrected chi connectivity index (χ1v) is 5.74. The van der Waals surface area contributed by atoms with E-state index in [0.717, 1.165) is 13.0 Å². The Bertz CT molecular complexity index is 480. The first-order chi connectivity index (χ1) is 8.42. The van der Waals surface area contributed by atoms with Crippen molar-refractivity contribution in [2.75, 3.05) is 6.54 Å². The highest BCUT2D eigenvalue weighted by molar-refractivity contribution is 5.46. The van der Waals surface area contributed by atoms with E-state index in [1.54, 1.807) is 12.3 Å². The highest BCUT2D eigenvalue weighted by atomic mass is 16.5. The van der Waals surface area contributed by atoms with E-state index in [4.69, 9.17) is 4.52 Å². The summed E-state index contributed by atoms with van der Waals surface area (Å²) < 4.78 is 5.16. The molecule has 0 unspecified atom stereocenters. The van der Waals surface area contributed by atoms with Crippen LogP contribution >= 0.6 is 0 Å². The molecule has 88 valence electrons. The standard InChI is InChI=1S/C11H13N5O/c1-2-8(1)13-6-4-10-15-11(16-17-10)9-3-5-12-7-14-9/h3,5,7-8,13H,1-2,4,6H2. The number of aromatic nitrogens is 4. The molecule has 1 aliphatic rings. The van der Waals surface area contributed by atoms with Gasteiger partial charge in [-0.15, -0.1) is 0 Å². The Hall–Kier alpha value is -1.82. The van der Waals surface area contributed by atoms with Crippen molar-refractivity contribution in [1.82, 2.24) is 25.4 Å². The number of hydrogen-bond acceptors (Lipinski definition) is 6. The summed E-state index contributed by atoms with van der Waals surface area (Å²) in [6.45, 7) is 0.885. The predicted octanol–water partition coefficient (Wildman–Crippen LogP) is 0.821. The average Bonchev–Trinajstić information content (AvgIpc) is 3.07. The molecule has 0 radical (unpaired) electrons. The summed E-state index contributed by atoms with van der Waals surface area (Å²) in [4.78, 5) is 12.2. The lowest BCUT2D eigenvalue weighted by Gasteiger charge is -1.97. The molecular formula is C11H13N5O. The number of nitrogens with one attached hydrogen (secondary N) is 1. The van der Waals surface area contributed by atoms with Gasteiger partial charge in [-0.2, -0.15) is 4.98 Å². The van der Waals surface area contributed by atoms with Crippen molar-refractivity contribution < 1.29 is 4.52 Å². The minimum atomic E-state index is 0.522. The summed E-state index contributed by atoms with van der Waals surface area (Å²) in [7, 11) is 0. The third kappa shape index (κ3) is 2.65. The summed E-state index contributed by atoms with van der Waals surface area (Å²) in [5, 5.41) is 7.30. The molecule has 2 aromatic rings. The molecule has 2 aromatic heterocycles. The summed E-state index contributed by atoms with van der Waals surface area (Å²) in [5.74, 6) is 1.17. The second-order valence-electron chi connectivity index (χ2n) is 4.08. The van der Waals surface area contributed by atoms with Crippen molar-refractivity contribution in [2.45, 2.75) is 25.3 Å². The second kappa shape index (κ2) is 4.58. The molecule has 1 fully saturated rings. The molecule has 2 heterocycles. The Morgan fingerprint density at radius 2 is 2.35 bits per heavy atom. The summed E-state index contributed by atoms with van der Waals surface area (Å²) in [6, 6.07) is 2.47. The van der Waals surface area contributed by atoms with Gasteiger partial charge in [0.1, 0.15) is 12.0 Å². The van der Waals surface area contributed by atoms with Gasteiger partial charge >= 0.3 is 0 Å². The van der Waals surface area contributed by atoms with Crippen LogP contribution in [0.5, 0.6) is 0 Å². The minimum absolute atomic E-state index is 0.522. The predicted molar refractivity (Wildman–Crippen MR) is 60.1 cm³/mol. The monoisotopic (exact) mass is 231 g/mol. The Balaban J connectivity index is 1.61. The maximum Gasteiger partial charge on any atom is 0.228 e. The molecule has 17 heavy (non-hydrogen) atoms. The molecule has 0 spiro atoms. The zero-order valence-electron chi connectivity index (χ0n) is 9.33. The van der Waals surface area contributed by atoms with Crippen LogP contribution < -0.4 is 5.32 Å². The molecule has 1 aliphatic carbocycles. The molecule has 0 saturated heterocycles. The molecule has 6 heteroatoms. The lowest BCUT2D eigenvalue weighted by molar-refractivity contribution is 0.376. The number of nitrogens with zero attached hydrogens (tertiary/aromatic N) is 4. The molecule has 1 N–H and O–H groups in total. The van der Waals surface area contributed by atoms with Gasteiger partial charge in [0.25, 0.3) is 0 Å². The normalized spacial score (nSPS) is 15.1. The molecule has 0 aliphatic heterocycles. The summed E-state index contributed by atoms with van der Waals surface area (Å²) >= 11 is 0. The molecule has 0 bridgehead atoms. The van der Waals surface area contributed by atoms with Gasteiger partial charge in [-0.25, -0.2) is 9.97 Å². The fraction of sp³-hybridized carbons (Fsp3) is 0.455. The van der Waals surface area contributed by atoms with Crippen molar-refractivity contribution in [3.8, 4) is 11.5 Å². The third-order valence-electron chi connectivity index (χ3n) is 2.63. The van der Waals surface area contributed by atoms with E-state index in [-0.39, 0.29) is 0 Å². The highest BCUT2D eigenvalue weighted by Crippen LogP contribution is 2.18. The van der Waals surface area contributed by atoms with Crippen LogP contribution in [0.1, 0.15) is 18.7 Å². The van der Waals surface area contributed by atoms with Gasteiger partial charge in [-0.3, -0.25) is 0 Å². The van der Waals surface area contributed by atoms with Crippen LogP contribution in [0.15, 0.2) is 23.1 Å². The van der Waals surface area contributed by atoms with E-state index in [1.165, 1.54) is 19.2 Å². The van der Waals surface area contributed by atoms with E-state index in [2.05, 4.69) is 25.4 Å². The van der Waals surface area contributed by atoms with Crippen LogP contribution in [0.2, 0.25) is 0 Å². The first-order valence-electron chi connectivity index (χ1n) is 5.74. The Morgan fingerprint density at radius 3 is 3.12 bits per heavy atom. The van der Waals surface area contributed by atoms with Gasteiger partial charge in [0.2, 0.25) is 11.7 Å². The molecule has 6 nitrogen and oxygen atoms in total. The molecule has 3 rings (SSSR count). The molecule has 0 amide bonds. The van der Waals surface area contributed by atoms with Crippen molar-refractivity contribution in [2.24, 2.45) is 0 Å². The Morgan fingerprint density at radius 1 is 1.41 bits per heavy atom. The van der Waals surface area contributed by atoms with Crippen LogP contribution in [0, 0.1) is 0 Å². The van der Waals surface area contributed by atoms with Gasteiger partial charge in [0.05, 0.1) is 0 Å². The zero-order valence-corrected chi connectivity index (χ0v) is 9.33. The molecule has 0 aromatic carbocycles. The molecular weight excluding hydrogens is 218 g/mol. The van der Waals surface area contributed by atoms with Gasteiger partial charge < -0.3 is 9.84 Å². The van der Waals surface area contributed by atoms with E-state index < -0.39 is 0 Å². The first kappa shape index (κ1) is 10.3. The Labute approximate surface area is 98.5 Å². The highest BCUT2D eigenvalue weighted by Gasteiger charge is 2.20. The van der Waals surface area contributed by atoms with Crippen molar-refractivity contribution >= 4 is 0 Å². The van der Waals surface area contributed by atoms with E-state index in [9.17, 15) is 0 Å². The lowest BCUT2D eigenvalue weighted by atomic mass is 10.4. The number of rotatable bonds is 5. The topological polar surface area (TPSA) is 76.7 Å². The average molecular weight is 231 g/mol. The second-order valence-corrected chi connectivity index (χ2v) is 4.08. The SMILES string of the molecule is c1cc(-c2noc(CCNC3CC3)n2)ncn1. The van der Waals surface area contributed by atoms with Crippen LogP contribution in [0.4, 0.5) is 0 Å². The summed E-state index contributed by atoms with van der Waals surface area (Å²) in [5.41, 5.74) is 0.685. The quantitative estimate of drug-likeness (QED) is 0.821. The van der Waals surface area contributed by atoms with Gasteiger partial charge in [-0.05, 0) is 18.9 Å². The van der Waals surface area contributed by atoms with Crippen LogP contribution in [-0.4, -0.2) is 32.7 Å². The van der Waals surface area contributed by atoms with E-state index >= 15 is 0 Å². The fourth-order valence-corrected chi connectivity index (χ4v) is 1.55. The van der Waals surface area contributed by atoms with E-state index in [1.807, 2.05) is 0 Å². The van der Waals surface area contributed by atoms with Crippen LogP contribution in [0.25, 0.3) is 11.5 Å². The van der Waals surface area contributed by atoms with Crippen LogP contribution in [-0.2, 0) is 6.42 Å². The molecule has 1 saturated carbocycles. The smallest absolute Gasteiger partial charge is 0.228 e. The fourth-order valence-electron chi connectivity index (χ4n) is 1.55. The molecule has 0 atom stereocenters.